The number of nitrogens with one attached hydrogen (secondary N) is 1. The molecule has 0 saturated heterocycles. The number of anilines is 1. The molecule has 1 N–H and O–H groups in total. The topological polar surface area (TPSA) is 29.1 Å². The van der Waals surface area contributed by atoms with Crippen molar-refractivity contribution in [2.24, 2.45) is 0 Å². The maximum absolute atomic E-state index is 12.2. The lowest BCUT2D eigenvalue weighted by Crippen LogP contribution is -2.06. The van der Waals surface area contributed by atoms with Gasteiger partial charge >= 0.3 is 0 Å². The van der Waals surface area contributed by atoms with Gasteiger partial charge in [0.1, 0.15) is 0 Å². The van der Waals surface area contributed by atoms with Gasteiger partial charge in [0.2, 0.25) is 0 Å². The third kappa shape index (κ3) is 4.06. The molecule has 21 heavy (non-hydrogen) atoms. The van der Waals surface area contributed by atoms with Gasteiger partial charge in [-0.1, -0.05) is 42.5 Å². The predicted octanol–water partition coefficient (Wildman–Crippen LogP) is 4.81. The number of rotatable bonds is 5. The van der Waals surface area contributed by atoms with Crippen LogP contribution in [0.5, 0.6) is 0 Å². The van der Waals surface area contributed by atoms with Gasteiger partial charge in [0.25, 0.3) is 0 Å². The monoisotopic (exact) mass is 279 g/mol. The highest BCUT2D eigenvalue weighted by Crippen LogP contribution is 2.17. The fourth-order valence-electron chi connectivity index (χ4n) is 2.10. The standard InChI is InChI=1S/C19H21NO/c1-13-5-8-17(9-6-13)19(21)12-16(4)20-18-10-7-14(2)15(3)11-18/h5-11,20H,4,12H2,1-3H3. The Balaban J connectivity index is 1.99. The second-order valence-electron chi connectivity index (χ2n) is 5.49. The van der Waals surface area contributed by atoms with Crippen molar-refractivity contribution in [2.75, 3.05) is 5.32 Å². The van der Waals surface area contributed by atoms with Crippen molar-refractivity contribution in [1.29, 1.82) is 0 Å². The Hall–Kier alpha value is -2.35. The quantitative estimate of drug-likeness (QED) is 0.796. The van der Waals surface area contributed by atoms with Gasteiger partial charge in [-0.25, -0.2) is 0 Å². The molecule has 0 aliphatic carbocycles. The minimum absolute atomic E-state index is 0.0799. The average Bonchev–Trinajstić information content (AvgIpc) is 2.43. The molecule has 0 aliphatic heterocycles. The van der Waals surface area contributed by atoms with Crippen LogP contribution in [-0.4, -0.2) is 5.78 Å². The Morgan fingerprint density at radius 1 is 1.00 bits per heavy atom. The maximum Gasteiger partial charge on any atom is 0.168 e. The van der Waals surface area contributed by atoms with Crippen molar-refractivity contribution >= 4 is 11.5 Å². The summed E-state index contributed by atoms with van der Waals surface area (Å²) in [6.07, 6.45) is 0.302. The molecule has 0 fully saturated rings. The second-order valence-corrected chi connectivity index (χ2v) is 5.49. The first-order valence-electron chi connectivity index (χ1n) is 7.07. The van der Waals surface area contributed by atoms with Crippen LogP contribution in [0.4, 0.5) is 5.69 Å². The zero-order valence-corrected chi connectivity index (χ0v) is 12.9. The number of carbonyl (C=O) groups is 1. The molecular weight excluding hydrogens is 258 g/mol. The Morgan fingerprint density at radius 3 is 2.29 bits per heavy atom. The summed E-state index contributed by atoms with van der Waals surface area (Å²) in [4.78, 5) is 12.2. The number of hydrogen-bond donors (Lipinski definition) is 1. The summed E-state index contributed by atoms with van der Waals surface area (Å²) in [5.74, 6) is 0.0799. The number of benzene rings is 2. The van der Waals surface area contributed by atoms with Crippen LogP contribution in [0.1, 0.15) is 33.5 Å². The lowest BCUT2D eigenvalue weighted by Gasteiger charge is -2.11. The third-order valence-electron chi connectivity index (χ3n) is 3.58. The lowest BCUT2D eigenvalue weighted by molar-refractivity contribution is 0.0993. The highest BCUT2D eigenvalue weighted by Gasteiger charge is 2.08. The number of ketones is 1. The van der Waals surface area contributed by atoms with E-state index >= 15 is 0 Å². The van der Waals surface area contributed by atoms with E-state index in [4.69, 9.17) is 0 Å². The summed E-state index contributed by atoms with van der Waals surface area (Å²) >= 11 is 0. The van der Waals surface area contributed by atoms with Gasteiger partial charge in [0, 0.05) is 16.9 Å². The van der Waals surface area contributed by atoms with Crippen LogP contribution < -0.4 is 5.32 Å². The number of hydrogen-bond acceptors (Lipinski definition) is 2. The average molecular weight is 279 g/mol. The molecule has 2 nitrogen and oxygen atoms in total. The van der Waals surface area contributed by atoms with Crippen LogP contribution in [0, 0.1) is 20.8 Å². The molecule has 0 bridgehead atoms. The first-order chi connectivity index (χ1) is 9.95. The smallest absolute Gasteiger partial charge is 0.168 e. The van der Waals surface area contributed by atoms with E-state index in [1.165, 1.54) is 11.1 Å². The van der Waals surface area contributed by atoms with Gasteiger partial charge in [-0.15, -0.1) is 0 Å². The molecule has 0 heterocycles. The van der Waals surface area contributed by atoms with E-state index < -0.39 is 0 Å². The Morgan fingerprint density at radius 2 is 1.67 bits per heavy atom. The summed E-state index contributed by atoms with van der Waals surface area (Å²) in [5.41, 5.74) is 6.03. The molecule has 2 rings (SSSR count). The maximum atomic E-state index is 12.2. The second kappa shape index (κ2) is 6.40. The minimum Gasteiger partial charge on any atom is -0.359 e. The number of aryl methyl sites for hydroxylation is 3. The molecule has 108 valence electrons. The van der Waals surface area contributed by atoms with Crippen molar-refractivity contribution in [3.05, 3.63) is 77.0 Å². The van der Waals surface area contributed by atoms with Crippen LogP contribution in [0.2, 0.25) is 0 Å². The first kappa shape index (κ1) is 15.0. The van der Waals surface area contributed by atoms with E-state index in [2.05, 4.69) is 37.9 Å². The summed E-state index contributed by atoms with van der Waals surface area (Å²) in [6, 6.07) is 13.8. The summed E-state index contributed by atoms with van der Waals surface area (Å²) in [5, 5.41) is 3.21. The highest BCUT2D eigenvalue weighted by molar-refractivity contribution is 5.97. The van der Waals surface area contributed by atoms with E-state index in [0.717, 1.165) is 16.8 Å². The van der Waals surface area contributed by atoms with Crippen LogP contribution in [0.15, 0.2) is 54.7 Å². The molecule has 2 aromatic rings. The van der Waals surface area contributed by atoms with Gasteiger partial charge in [0.05, 0.1) is 6.42 Å². The Labute approximate surface area is 126 Å². The van der Waals surface area contributed by atoms with E-state index in [1.54, 1.807) is 0 Å². The Kier molecular flexibility index (Phi) is 4.59. The molecule has 0 spiro atoms. The molecule has 0 aliphatic rings. The van der Waals surface area contributed by atoms with Gasteiger partial charge in [-0.3, -0.25) is 4.79 Å². The lowest BCUT2D eigenvalue weighted by atomic mass is 10.0. The van der Waals surface area contributed by atoms with Gasteiger partial charge in [-0.2, -0.15) is 0 Å². The van der Waals surface area contributed by atoms with Crippen LogP contribution in [0.25, 0.3) is 0 Å². The van der Waals surface area contributed by atoms with E-state index in [-0.39, 0.29) is 5.78 Å². The van der Waals surface area contributed by atoms with E-state index in [0.29, 0.717) is 12.1 Å². The molecule has 0 atom stereocenters. The molecular formula is C19H21NO. The molecule has 2 aromatic carbocycles. The summed E-state index contributed by atoms with van der Waals surface area (Å²) in [6.45, 7) is 10.1. The molecule has 0 unspecified atom stereocenters. The number of carbonyl (C=O) groups excluding carboxylic acids is 1. The van der Waals surface area contributed by atoms with Crippen molar-refractivity contribution < 1.29 is 4.79 Å². The van der Waals surface area contributed by atoms with Crippen molar-refractivity contribution in [3.8, 4) is 0 Å². The fraction of sp³-hybridized carbons (Fsp3) is 0.211. The highest BCUT2D eigenvalue weighted by atomic mass is 16.1. The molecule has 0 radical (unpaired) electrons. The van der Waals surface area contributed by atoms with Crippen molar-refractivity contribution in [2.45, 2.75) is 27.2 Å². The first-order valence-corrected chi connectivity index (χ1v) is 7.07. The van der Waals surface area contributed by atoms with Crippen LogP contribution in [-0.2, 0) is 0 Å². The normalized spacial score (nSPS) is 10.2. The zero-order valence-electron chi connectivity index (χ0n) is 12.9. The molecule has 0 saturated carbocycles. The van der Waals surface area contributed by atoms with E-state index in [1.807, 2.05) is 37.3 Å². The largest absolute Gasteiger partial charge is 0.359 e. The van der Waals surface area contributed by atoms with Gasteiger partial charge in [0.15, 0.2) is 5.78 Å². The third-order valence-corrected chi connectivity index (χ3v) is 3.58. The summed E-state index contributed by atoms with van der Waals surface area (Å²) in [7, 11) is 0. The van der Waals surface area contributed by atoms with Gasteiger partial charge < -0.3 is 5.32 Å². The number of Topliss-reactive ketones (excluding diaryl/α,β-unsaturated/α-hetero) is 1. The molecule has 0 amide bonds. The molecule has 2 heteroatoms. The van der Waals surface area contributed by atoms with Crippen molar-refractivity contribution in [1.82, 2.24) is 0 Å². The van der Waals surface area contributed by atoms with Gasteiger partial charge in [-0.05, 0) is 44.0 Å². The zero-order chi connectivity index (χ0) is 15.4. The Bertz CT molecular complexity index is 668. The minimum atomic E-state index is 0.0799. The van der Waals surface area contributed by atoms with Crippen LogP contribution in [0.3, 0.4) is 0 Å². The molecule has 0 aromatic heterocycles. The van der Waals surface area contributed by atoms with Crippen molar-refractivity contribution in [3.63, 3.8) is 0 Å². The van der Waals surface area contributed by atoms with E-state index in [9.17, 15) is 4.79 Å². The summed E-state index contributed by atoms with van der Waals surface area (Å²) < 4.78 is 0. The van der Waals surface area contributed by atoms with Crippen LogP contribution >= 0.6 is 0 Å². The predicted molar refractivity (Wildman–Crippen MR) is 88.8 cm³/mol. The fourth-order valence-corrected chi connectivity index (χ4v) is 2.10. The SMILES string of the molecule is C=C(CC(=O)c1ccc(C)cc1)Nc1ccc(C)c(C)c1. The number of allylic oxidation sites excluding steroid dienone is 1.